The summed E-state index contributed by atoms with van der Waals surface area (Å²) in [6, 6.07) is 18.5. The van der Waals surface area contributed by atoms with E-state index < -0.39 is 19.3 Å². The molecule has 0 atom stereocenters. The molecule has 2 aromatic carbocycles. The molecule has 0 aliphatic rings. The fraction of sp³-hybridized carbons (Fsp3) is 0.273. The second-order valence-electron chi connectivity index (χ2n) is 7.67. The van der Waals surface area contributed by atoms with Crippen LogP contribution in [0, 0.1) is 12.1 Å². The van der Waals surface area contributed by atoms with Gasteiger partial charge in [0.2, 0.25) is 0 Å². The van der Waals surface area contributed by atoms with Gasteiger partial charge >= 0.3 is 26.8 Å². The zero-order valence-electron chi connectivity index (χ0n) is 18.2. The molecule has 1 aromatic heterocycles. The maximum atomic E-state index is 11.3. The van der Waals surface area contributed by atoms with E-state index in [1.165, 1.54) is 0 Å². The maximum absolute atomic E-state index is 11.3. The van der Waals surface area contributed by atoms with Gasteiger partial charge in [-0.05, 0) is 11.7 Å². The molecule has 0 aliphatic heterocycles. The van der Waals surface area contributed by atoms with Gasteiger partial charge in [0, 0.05) is 20.4 Å². The monoisotopic (exact) mass is 623 g/mol. The number of carbonyl (C=O) groups excluding carboxylic acids is 1. The minimum atomic E-state index is -1.05. The van der Waals surface area contributed by atoms with Crippen molar-refractivity contribution < 1.29 is 35.3 Å². The number of aromatic nitrogens is 3. The number of H-pyrrole nitrogens is 1. The van der Waals surface area contributed by atoms with E-state index in [0.717, 1.165) is 23.2 Å². The van der Waals surface area contributed by atoms with Crippen LogP contribution in [0.15, 0.2) is 58.3 Å². The molecule has 0 saturated heterocycles. The summed E-state index contributed by atoms with van der Waals surface area (Å²) in [6.07, 6.45) is 1.81. The first kappa shape index (κ1) is 27.4. The van der Waals surface area contributed by atoms with Gasteiger partial charge in [0.15, 0.2) is 6.79 Å². The molecule has 0 unspecified atom stereocenters. The van der Waals surface area contributed by atoms with Gasteiger partial charge in [-0.2, -0.15) is 41.5 Å². The van der Waals surface area contributed by atoms with Gasteiger partial charge in [-0.1, -0.05) is 25.2 Å². The number of hydrogen-bond donors (Lipinski definition) is 1. The number of nitrogens with one attached hydrogen (secondary N) is 1. The zero-order chi connectivity index (χ0) is 22.7. The molecule has 10 heteroatoms. The number of nitrogens with zero attached hydrogens (tertiary/aromatic N) is 2. The molecule has 0 spiro atoms. The minimum Gasteiger partial charge on any atom is -0.492 e. The van der Waals surface area contributed by atoms with Gasteiger partial charge < -0.3 is 14.3 Å². The molecule has 0 bridgehead atoms. The van der Waals surface area contributed by atoms with Crippen molar-refractivity contribution in [1.29, 1.82) is 0 Å². The van der Waals surface area contributed by atoms with Crippen LogP contribution >= 0.6 is 0 Å². The summed E-state index contributed by atoms with van der Waals surface area (Å²) in [6.45, 7) is 7.80. The molecular formula is C22H25N3O5SiW. The Morgan fingerprint density at radius 1 is 1.12 bits per heavy atom. The molecule has 0 saturated carbocycles. The fourth-order valence-corrected chi connectivity index (χ4v) is 3.01. The van der Waals surface area contributed by atoms with E-state index in [4.69, 9.17) is 9.47 Å². The quantitative estimate of drug-likeness (QED) is 0.136. The molecule has 1 heterocycles. The van der Waals surface area contributed by atoms with E-state index >= 15 is 0 Å². The van der Waals surface area contributed by atoms with E-state index in [2.05, 4.69) is 41.9 Å². The number of hydrogen-bond acceptors (Lipinski definition) is 6. The Balaban J connectivity index is 0.000000315. The van der Waals surface area contributed by atoms with Crippen LogP contribution in [-0.4, -0.2) is 42.5 Å². The maximum Gasteiger partial charge on any atom is 2.00 e. The van der Waals surface area contributed by atoms with Crippen molar-refractivity contribution >= 4 is 14.4 Å². The van der Waals surface area contributed by atoms with E-state index in [-0.39, 0.29) is 27.9 Å². The summed E-state index contributed by atoms with van der Waals surface area (Å²) in [4.78, 5) is 34.8. The first-order valence-electron chi connectivity index (χ1n) is 9.61. The average molecular weight is 623 g/mol. The summed E-state index contributed by atoms with van der Waals surface area (Å²) in [7, 11) is -1.05. The molecule has 0 fully saturated rings. The molecule has 8 nitrogen and oxygen atoms in total. The SMILES string of the molecule is C[Si](C)(C)CCOCOc1cc[c-]cc1C=O.O=c1cnn(-c2cc[c-]cc2)c(=O)[nH]1.[W+2]. The number of benzene rings is 2. The molecule has 0 radical (unpaired) electrons. The number of ether oxygens (including phenoxy) is 2. The number of rotatable bonds is 8. The van der Waals surface area contributed by atoms with Crippen LogP contribution in [0.3, 0.4) is 0 Å². The van der Waals surface area contributed by atoms with Gasteiger partial charge in [0.1, 0.15) is 6.20 Å². The van der Waals surface area contributed by atoms with Crippen molar-refractivity contribution in [3.63, 3.8) is 0 Å². The molecule has 168 valence electrons. The third kappa shape index (κ3) is 9.68. The summed E-state index contributed by atoms with van der Waals surface area (Å²) in [5.41, 5.74) is 0.0312. The Kier molecular flexibility index (Phi) is 11.8. The van der Waals surface area contributed by atoms with E-state index in [1.807, 2.05) is 0 Å². The zero-order valence-corrected chi connectivity index (χ0v) is 22.1. The number of carbonyl (C=O) groups is 1. The van der Waals surface area contributed by atoms with Gasteiger partial charge in [0.25, 0.3) is 5.56 Å². The molecule has 3 rings (SSSR count). The summed E-state index contributed by atoms with van der Waals surface area (Å²) in [5, 5.41) is 3.69. The van der Waals surface area contributed by atoms with Crippen LogP contribution in [0.2, 0.25) is 25.7 Å². The Morgan fingerprint density at radius 3 is 2.44 bits per heavy atom. The van der Waals surface area contributed by atoms with E-state index in [1.54, 1.807) is 42.5 Å². The third-order valence-corrected chi connectivity index (χ3v) is 5.64. The summed E-state index contributed by atoms with van der Waals surface area (Å²) >= 11 is 0. The Bertz CT molecular complexity index is 1080. The van der Waals surface area contributed by atoms with Crippen LogP contribution in [0.5, 0.6) is 5.75 Å². The second-order valence-corrected chi connectivity index (χ2v) is 13.3. The van der Waals surface area contributed by atoms with Gasteiger partial charge in [0.05, 0.1) is 6.29 Å². The molecule has 32 heavy (non-hydrogen) atoms. The van der Waals surface area contributed by atoms with Gasteiger partial charge in [-0.15, -0.1) is 18.2 Å². The van der Waals surface area contributed by atoms with Crippen molar-refractivity contribution in [2.75, 3.05) is 13.4 Å². The molecule has 1 N–H and O–H groups in total. The van der Waals surface area contributed by atoms with Crippen LogP contribution < -0.4 is 16.0 Å². The van der Waals surface area contributed by atoms with Crippen LogP contribution in [0.4, 0.5) is 0 Å². The smallest absolute Gasteiger partial charge is 0.492 e. The second kappa shape index (κ2) is 13.7. The third-order valence-electron chi connectivity index (χ3n) is 3.93. The van der Waals surface area contributed by atoms with E-state index in [0.29, 0.717) is 23.6 Å². The fourth-order valence-electron chi connectivity index (χ4n) is 2.25. The normalized spacial score (nSPS) is 10.3. The molecule has 0 amide bonds. The topological polar surface area (TPSA) is 103 Å². The van der Waals surface area contributed by atoms with Crippen LogP contribution in [0.25, 0.3) is 5.69 Å². The van der Waals surface area contributed by atoms with Gasteiger partial charge in [-0.3, -0.25) is 9.78 Å². The summed E-state index contributed by atoms with van der Waals surface area (Å²) < 4.78 is 11.9. The largest absolute Gasteiger partial charge is 2.00 e. The summed E-state index contributed by atoms with van der Waals surface area (Å²) in [5.74, 6) is 0.548. The predicted molar refractivity (Wildman–Crippen MR) is 120 cm³/mol. The van der Waals surface area contributed by atoms with Crippen molar-refractivity contribution in [2.45, 2.75) is 25.7 Å². The predicted octanol–water partition coefficient (Wildman–Crippen LogP) is 2.71. The average Bonchev–Trinajstić information content (AvgIpc) is 2.74. The van der Waals surface area contributed by atoms with Crippen LogP contribution in [-0.2, 0) is 25.8 Å². The molecule has 3 aromatic rings. The molecular weight excluding hydrogens is 598 g/mol. The first-order valence-corrected chi connectivity index (χ1v) is 13.3. The van der Waals surface area contributed by atoms with Crippen molar-refractivity contribution in [1.82, 2.24) is 14.8 Å². The molecule has 0 aliphatic carbocycles. The van der Waals surface area contributed by atoms with Gasteiger partial charge in [-0.25, -0.2) is 9.48 Å². The first-order chi connectivity index (χ1) is 14.8. The number of aldehydes is 1. The van der Waals surface area contributed by atoms with Crippen molar-refractivity contribution in [3.8, 4) is 11.4 Å². The Labute approximate surface area is 201 Å². The number of aromatic amines is 1. The minimum absolute atomic E-state index is 0. The van der Waals surface area contributed by atoms with Crippen molar-refractivity contribution in [3.05, 3.63) is 87.2 Å². The van der Waals surface area contributed by atoms with Crippen molar-refractivity contribution in [2.24, 2.45) is 0 Å². The Morgan fingerprint density at radius 2 is 1.81 bits per heavy atom. The Hall–Kier alpha value is -2.61. The van der Waals surface area contributed by atoms with Crippen LogP contribution in [0.1, 0.15) is 10.4 Å². The van der Waals surface area contributed by atoms with E-state index in [9.17, 15) is 14.4 Å². The standard InChI is InChI=1S/C13H19O3Si.C9H6N3O2.W/c1-17(2,3)9-8-15-11-16-13-7-5-4-6-12(13)10-14;13-8-6-10-12(9(14)11-8)7-4-2-1-3-5-7;/h5-7,10H,8-9,11H2,1-3H3;2-6H,(H,11,13,14);/q2*-1;+2.